The lowest BCUT2D eigenvalue weighted by Gasteiger charge is -2.15. The van der Waals surface area contributed by atoms with Crippen LogP contribution in [-0.2, 0) is 4.79 Å². The van der Waals surface area contributed by atoms with Gasteiger partial charge in [0.05, 0.1) is 6.42 Å². The molecule has 0 saturated heterocycles. The van der Waals surface area contributed by atoms with Gasteiger partial charge in [-0.2, -0.15) is 0 Å². The first-order valence-corrected chi connectivity index (χ1v) is 4.60. The minimum Gasteiger partial charge on any atom is -0.481 e. The minimum absolute atomic E-state index is 0.189. The summed E-state index contributed by atoms with van der Waals surface area (Å²) in [7, 11) is 0. The van der Waals surface area contributed by atoms with Crippen molar-refractivity contribution in [2.24, 2.45) is 0 Å². The Morgan fingerprint density at radius 1 is 1.38 bits per heavy atom. The van der Waals surface area contributed by atoms with Gasteiger partial charge in [0.2, 0.25) is 0 Å². The topological polar surface area (TPSA) is 40.5 Å². The fourth-order valence-electron chi connectivity index (χ4n) is 0.895. The number of hydrogen-bond acceptors (Lipinski definition) is 2. The van der Waals surface area contributed by atoms with Crippen molar-refractivity contribution in [1.82, 2.24) is 4.90 Å². The summed E-state index contributed by atoms with van der Waals surface area (Å²) in [6.07, 6.45) is 8.95. The summed E-state index contributed by atoms with van der Waals surface area (Å²) in [5.74, 6) is -0.752. The van der Waals surface area contributed by atoms with Crippen molar-refractivity contribution in [1.29, 1.82) is 0 Å². The van der Waals surface area contributed by atoms with Crippen LogP contribution in [0, 0.1) is 0 Å². The van der Waals surface area contributed by atoms with Gasteiger partial charge in [-0.05, 0) is 18.8 Å². The molecule has 3 heteroatoms. The molecule has 13 heavy (non-hydrogen) atoms. The molecular formula is C10H17NO2. The molecule has 0 fully saturated rings. The van der Waals surface area contributed by atoms with Crippen molar-refractivity contribution >= 4 is 5.97 Å². The van der Waals surface area contributed by atoms with E-state index in [0.29, 0.717) is 6.54 Å². The second kappa shape index (κ2) is 7.40. The normalized spacial score (nSPS) is 13.5. The van der Waals surface area contributed by atoms with Crippen molar-refractivity contribution in [2.45, 2.75) is 26.7 Å². The average Bonchev–Trinajstić information content (AvgIpc) is 2.19. The van der Waals surface area contributed by atoms with Crippen LogP contribution >= 0.6 is 0 Å². The third-order valence-electron chi connectivity index (χ3n) is 1.45. The van der Waals surface area contributed by atoms with E-state index in [-0.39, 0.29) is 6.42 Å². The maximum atomic E-state index is 10.2. The molecule has 74 valence electrons. The average molecular weight is 183 g/mol. The Labute approximate surface area is 79.4 Å². The van der Waals surface area contributed by atoms with Crippen LogP contribution in [-0.4, -0.2) is 22.5 Å². The monoisotopic (exact) mass is 183 g/mol. The standard InChI is InChI=1S/C8H11NO2.C2H6/c10-8(11)4-7-9-5-2-1-3-6-9;1-2/h2-3,5-6H,1,4,7H2,(H,10,11);1-2H3. The van der Waals surface area contributed by atoms with Gasteiger partial charge in [-0.15, -0.1) is 0 Å². The van der Waals surface area contributed by atoms with E-state index in [1.54, 1.807) is 0 Å². The van der Waals surface area contributed by atoms with Crippen molar-refractivity contribution in [2.75, 3.05) is 6.54 Å². The Morgan fingerprint density at radius 2 is 1.92 bits per heavy atom. The third-order valence-corrected chi connectivity index (χ3v) is 1.45. The number of allylic oxidation sites excluding steroid dienone is 2. The number of nitrogens with zero attached hydrogens (tertiary/aromatic N) is 1. The van der Waals surface area contributed by atoms with Crippen molar-refractivity contribution in [3.05, 3.63) is 24.6 Å². The van der Waals surface area contributed by atoms with Gasteiger partial charge in [-0.3, -0.25) is 4.79 Å². The third kappa shape index (κ3) is 5.96. The van der Waals surface area contributed by atoms with E-state index in [1.807, 2.05) is 43.3 Å². The number of hydrogen-bond donors (Lipinski definition) is 1. The van der Waals surface area contributed by atoms with Crippen LogP contribution in [0.15, 0.2) is 24.6 Å². The molecule has 1 aliphatic heterocycles. The lowest BCUT2D eigenvalue weighted by Crippen LogP contribution is -2.15. The summed E-state index contributed by atoms with van der Waals surface area (Å²) >= 11 is 0. The fourth-order valence-corrected chi connectivity index (χ4v) is 0.895. The van der Waals surface area contributed by atoms with Gasteiger partial charge in [0.1, 0.15) is 0 Å². The first-order chi connectivity index (χ1) is 6.29. The minimum atomic E-state index is -0.752. The maximum Gasteiger partial charge on any atom is 0.305 e. The number of carboxylic acid groups (broad SMARTS) is 1. The smallest absolute Gasteiger partial charge is 0.305 e. The van der Waals surface area contributed by atoms with Crippen LogP contribution in [0.2, 0.25) is 0 Å². The van der Waals surface area contributed by atoms with Crippen LogP contribution in [0.4, 0.5) is 0 Å². The number of rotatable bonds is 3. The Hall–Kier alpha value is -1.25. The second-order valence-electron chi connectivity index (χ2n) is 2.39. The summed E-state index contributed by atoms with van der Waals surface area (Å²) in [5.41, 5.74) is 0. The predicted molar refractivity (Wildman–Crippen MR) is 53.2 cm³/mol. The number of carbonyl (C=O) groups is 1. The van der Waals surface area contributed by atoms with E-state index in [4.69, 9.17) is 5.11 Å². The summed E-state index contributed by atoms with van der Waals surface area (Å²) in [4.78, 5) is 12.0. The van der Waals surface area contributed by atoms with Crippen molar-refractivity contribution < 1.29 is 9.90 Å². The lowest BCUT2D eigenvalue weighted by atomic mass is 10.3. The molecule has 0 aliphatic carbocycles. The number of carboxylic acids is 1. The molecule has 1 rings (SSSR count). The van der Waals surface area contributed by atoms with E-state index in [0.717, 1.165) is 6.42 Å². The van der Waals surface area contributed by atoms with Gasteiger partial charge in [0.25, 0.3) is 0 Å². The predicted octanol–water partition coefficient (Wildman–Crippen LogP) is 2.22. The molecule has 1 heterocycles. The van der Waals surface area contributed by atoms with Crippen LogP contribution in [0.1, 0.15) is 26.7 Å². The maximum absolute atomic E-state index is 10.2. The highest BCUT2D eigenvalue weighted by atomic mass is 16.4. The summed E-state index contributed by atoms with van der Waals surface area (Å²) < 4.78 is 0. The Kier molecular flexibility index (Phi) is 6.69. The molecule has 0 aromatic heterocycles. The van der Waals surface area contributed by atoms with Gasteiger partial charge in [-0.1, -0.05) is 26.0 Å². The molecule has 0 saturated carbocycles. The molecule has 1 N–H and O–H groups in total. The molecular weight excluding hydrogens is 166 g/mol. The molecule has 3 nitrogen and oxygen atoms in total. The highest BCUT2D eigenvalue weighted by Crippen LogP contribution is 2.02. The largest absolute Gasteiger partial charge is 0.481 e. The van der Waals surface area contributed by atoms with Crippen molar-refractivity contribution in [3.63, 3.8) is 0 Å². The molecule has 0 radical (unpaired) electrons. The van der Waals surface area contributed by atoms with Crippen LogP contribution in [0.25, 0.3) is 0 Å². The van der Waals surface area contributed by atoms with Crippen LogP contribution < -0.4 is 0 Å². The molecule has 0 aromatic rings. The van der Waals surface area contributed by atoms with Gasteiger partial charge >= 0.3 is 5.97 Å². The molecule has 0 atom stereocenters. The lowest BCUT2D eigenvalue weighted by molar-refractivity contribution is -0.137. The zero-order valence-electron chi connectivity index (χ0n) is 8.23. The zero-order chi connectivity index (χ0) is 10.1. The molecule has 0 unspecified atom stereocenters. The highest BCUT2D eigenvalue weighted by molar-refractivity contribution is 5.66. The van der Waals surface area contributed by atoms with E-state index in [9.17, 15) is 4.79 Å². The van der Waals surface area contributed by atoms with E-state index >= 15 is 0 Å². The summed E-state index contributed by atoms with van der Waals surface area (Å²) in [6, 6.07) is 0. The first kappa shape index (κ1) is 11.8. The Morgan fingerprint density at radius 3 is 2.38 bits per heavy atom. The molecule has 0 aromatic carbocycles. The summed E-state index contributed by atoms with van der Waals surface area (Å²) in [5, 5.41) is 8.37. The molecule has 0 spiro atoms. The first-order valence-electron chi connectivity index (χ1n) is 4.60. The molecule has 1 aliphatic rings. The van der Waals surface area contributed by atoms with Crippen LogP contribution in [0.5, 0.6) is 0 Å². The van der Waals surface area contributed by atoms with Crippen molar-refractivity contribution in [3.8, 4) is 0 Å². The Balaban J connectivity index is 0.000000671. The highest BCUT2D eigenvalue weighted by Gasteiger charge is 2.00. The van der Waals surface area contributed by atoms with Gasteiger partial charge < -0.3 is 10.0 Å². The van der Waals surface area contributed by atoms with E-state index < -0.39 is 5.97 Å². The molecule has 0 amide bonds. The van der Waals surface area contributed by atoms with Gasteiger partial charge in [0.15, 0.2) is 0 Å². The molecule has 0 bridgehead atoms. The second-order valence-corrected chi connectivity index (χ2v) is 2.39. The fraction of sp³-hybridized carbons (Fsp3) is 0.500. The summed E-state index contributed by atoms with van der Waals surface area (Å²) in [6.45, 7) is 4.56. The Bertz CT molecular complexity index is 185. The number of aliphatic carboxylic acids is 1. The van der Waals surface area contributed by atoms with E-state index in [1.165, 1.54) is 0 Å². The van der Waals surface area contributed by atoms with E-state index in [2.05, 4.69) is 0 Å². The quantitative estimate of drug-likeness (QED) is 0.729. The zero-order valence-corrected chi connectivity index (χ0v) is 8.23. The van der Waals surface area contributed by atoms with Gasteiger partial charge in [-0.25, -0.2) is 0 Å². The van der Waals surface area contributed by atoms with Gasteiger partial charge in [0, 0.05) is 6.54 Å². The SMILES string of the molecule is CC.O=C(O)CCN1C=CCC=C1. The van der Waals surface area contributed by atoms with Crippen LogP contribution in [0.3, 0.4) is 0 Å².